The molecule has 0 spiro atoms. The maximum Gasteiger partial charge on any atom is 0.415 e. The zero-order valence-electron chi connectivity index (χ0n) is 12.5. The second kappa shape index (κ2) is 5.53. The van der Waals surface area contributed by atoms with E-state index in [0.717, 1.165) is 0 Å². The number of nitrogens with zero attached hydrogens (tertiary/aromatic N) is 2. The van der Waals surface area contributed by atoms with Gasteiger partial charge in [-0.05, 0) is 30.7 Å². The van der Waals surface area contributed by atoms with E-state index in [4.69, 9.17) is 10.5 Å². The number of fused-ring (bicyclic) bond motifs is 1. The molecule has 1 fully saturated rings. The predicted molar refractivity (Wildman–Crippen MR) is 79.9 cm³/mol. The fraction of sp³-hybridized carbons (Fsp3) is 0.400. The van der Waals surface area contributed by atoms with Crippen molar-refractivity contribution < 1.29 is 23.5 Å². The molecule has 2 atom stereocenters. The van der Waals surface area contributed by atoms with E-state index in [2.05, 4.69) is 0 Å². The van der Waals surface area contributed by atoms with E-state index < -0.39 is 30.8 Å². The minimum Gasteiger partial charge on any atom is -0.434 e. The molecule has 1 saturated heterocycles. The molecule has 0 bridgehead atoms. The number of rotatable bonds is 4. The van der Waals surface area contributed by atoms with E-state index in [9.17, 15) is 18.8 Å². The summed E-state index contributed by atoms with van der Waals surface area (Å²) in [7, 11) is 0. The van der Waals surface area contributed by atoms with Crippen molar-refractivity contribution in [1.82, 2.24) is 0 Å². The monoisotopic (exact) mass is 321 g/mol. The third-order valence-corrected chi connectivity index (χ3v) is 4.04. The lowest BCUT2D eigenvalue weighted by Gasteiger charge is -2.23. The molecule has 2 aliphatic rings. The zero-order valence-corrected chi connectivity index (χ0v) is 12.5. The van der Waals surface area contributed by atoms with Crippen LogP contribution in [0, 0.1) is 0 Å². The average molecular weight is 321 g/mol. The standard InChI is InChI=1S/C15H16FN3O4/c1-8(6-16)19-11-3-2-10(4-9(11)5-13(19)20)18-7-12(14(17)21)23-15(18)22/h2-4,8,12H,5-7H2,1H3,(H2,17,21)/t8?,12-/m1/s1. The minimum atomic E-state index is -0.986. The van der Waals surface area contributed by atoms with Gasteiger partial charge >= 0.3 is 6.09 Å². The van der Waals surface area contributed by atoms with Crippen molar-refractivity contribution in [3.8, 4) is 0 Å². The molecule has 3 rings (SSSR count). The van der Waals surface area contributed by atoms with Crippen LogP contribution in [0.15, 0.2) is 18.2 Å². The van der Waals surface area contributed by atoms with Crippen molar-refractivity contribution in [2.75, 3.05) is 23.0 Å². The SMILES string of the molecule is CC(CF)N1C(=O)Cc2cc(N3C[C@H](C(N)=O)OC3=O)ccc21. The summed E-state index contributed by atoms with van der Waals surface area (Å²) < 4.78 is 17.8. The summed E-state index contributed by atoms with van der Waals surface area (Å²) in [6.07, 6.45) is -1.50. The van der Waals surface area contributed by atoms with E-state index in [0.29, 0.717) is 16.9 Å². The fourth-order valence-corrected chi connectivity index (χ4v) is 2.87. The molecule has 2 heterocycles. The van der Waals surface area contributed by atoms with Crippen LogP contribution in [-0.4, -0.2) is 43.3 Å². The summed E-state index contributed by atoms with van der Waals surface area (Å²) in [6, 6.07) is 4.46. The Morgan fingerprint density at radius 2 is 2.22 bits per heavy atom. The van der Waals surface area contributed by atoms with E-state index >= 15 is 0 Å². The average Bonchev–Trinajstić information content (AvgIpc) is 3.05. The van der Waals surface area contributed by atoms with Gasteiger partial charge in [-0.3, -0.25) is 14.5 Å². The topological polar surface area (TPSA) is 92.9 Å². The molecular weight excluding hydrogens is 305 g/mol. The quantitative estimate of drug-likeness (QED) is 0.885. The molecule has 122 valence electrons. The van der Waals surface area contributed by atoms with Crippen LogP contribution in [0.25, 0.3) is 0 Å². The van der Waals surface area contributed by atoms with E-state index in [1.807, 2.05) is 0 Å². The number of hydrogen-bond acceptors (Lipinski definition) is 4. The predicted octanol–water partition coefficient (Wildman–Crippen LogP) is 0.744. The molecular formula is C15H16FN3O4. The highest BCUT2D eigenvalue weighted by molar-refractivity contribution is 6.03. The first-order valence-corrected chi connectivity index (χ1v) is 7.20. The van der Waals surface area contributed by atoms with Crippen LogP contribution in [0.3, 0.4) is 0 Å². The Labute approximate surface area is 131 Å². The van der Waals surface area contributed by atoms with Gasteiger partial charge in [-0.1, -0.05) is 0 Å². The van der Waals surface area contributed by atoms with Crippen molar-refractivity contribution in [3.05, 3.63) is 23.8 Å². The molecule has 0 saturated carbocycles. The lowest BCUT2D eigenvalue weighted by atomic mass is 10.1. The Balaban J connectivity index is 1.89. The van der Waals surface area contributed by atoms with Crippen molar-refractivity contribution in [3.63, 3.8) is 0 Å². The summed E-state index contributed by atoms with van der Waals surface area (Å²) in [6.45, 7) is 1.04. The van der Waals surface area contributed by atoms with Crippen LogP contribution in [0.4, 0.5) is 20.6 Å². The van der Waals surface area contributed by atoms with Gasteiger partial charge in [0.15, 0.2) is 6.10 Å². The largest absolute Gasteiger partial charge is 0.434 e. The number of benzene rings is 1. The number of nitrogens with two attached hydrogens (primary N) is 1. The van der Waals surface area contributed by atoms with Gasteiger partial charge in [-0.2, -0.15) is 0 Å². The maximum absolute atomic E-state index is 12.9. The molecule has 3 amide bonds. The normalized spacial score (nSPS) is 21.4. The third-order valence-electron chi connectivity index (χ3n) is 4.04. The van der Waals surface area contributed by atoms with Crippen LogP contribution < -0.4 is 15.5 Å². The summed E-state index contributed by atoms with van der Waals surface area (Å²) >= 11 is 0. The Morgan fingerprint density at radius 3 is 2.83 bits per heavy atom. The van der Waals surface area contributed by atoms with Crippen LogP contribution in [-0.2, 0) is 20.7 Å². The van der Waals surface area contributed by atoms with Gasteiger partial charge in [-0.25, -0.2) is 9.18 Å². The summed E-state index contributed by atoms with van der Waals surface area (Å²) in [4.78, 5) is 37.8. The fourth-order valence-electron chi connectivity index (χ4n) is 2.87. The van der Waals surface area contributed by atoms with Gasteiger partial charge in [0.25, 0.3) is 5.91 Å². The lowest BCUT2D eigenvalue weighted by molar-refractivity contribution is -0.124. The second-order valence-electron chi connectivity index (χ2n) is 5.64. The first kappa shape index (κ1) is 15.3. The Morgan fingerprint density at radius 1 is 1.48 bits per heavy atom. The Bertz CT molecular complexity index is 693. The van der Waals surface area contributed by atoms with Crippen molar-refractivity contribution in [2.45, 2.75) is 25.5 Å². The van der Waals surface area contributed by atoms with Crippen LogP contribution in [0.2, 0.25) is 0 Å². The van der Waals surface area contributed by atoms with Gasteiger partial charge in [-0.15, -0.1) is 0 Å². The number of carbonyl (C=O) groups excluding carboxylic acids is 3. The molecule has 2 aliphatic heterocycles. The lowest BCUT2D eigenvalue weighted by Crippen LogP contribution is -2.37. The number of anilines is 2. The molecule has 0 aromatic heterocycles. The molecule has 1 unspecified atom stereocenters. The molecule has 0 aliphatic carbocycles. The number of carbonyl (C=O) groups is 3. The second-order valence-corrected chi connectivity index (χ2v) is 5.64. The molecule has 23 heavy (non-hydrogen) atoms. The van der Waals surface area contributed by atoms with Gasteiger partial charge in [0, 0.05) is 11.4 Å². The number of alkyl halides is 1. The number of primary amides is 1. The highest BCUT2D eigenvalue weighted by Gasteiger charge is 2.37. The van der Waals surface area contributed by atoms with Crippen LogP contribution >= 0.6 is 0 Å². The number of amides is 3. The van der Waals surface area contributed by atoms with E-state index in [1.165, 1.54) is 9.80 Å². The molecule has 1 aromatic carbocycles. The molecule has 8 heteroatoms. The number of cyclic esters (lactones) is 1. The summed E-state index contributed by atoms with van der Waals surface area (Å²) in [5, 5.41) is 0. The highest BCUT2D eigenvalue weighted by atomic mass is 19.1. The van der Waals surface area contributed by atoms with Crippen LogP contribution in [0.5, 0.6) is 0 Å². The third kappa shape index (κ3) is 2.49. The number of hydrogen-bond donors (Lipinski definition) is 1. The number of ether oxygens (including phenoxy) is 1. The Hall–Kier alpha value is -2.64. The van der Waals surface area contributed by atoms with Crippen molar-refractivity contribution >= 4 is 29.3 Å². The minimum absolute atomic E-state index is 0.0332. The smallest absolute Gasteiger partial charge is 0.415 e. The van der Waals surface area contributed by atoms with Gasteiger partial charge in [0.1, 0.15) is 6.67 Å². The molecule has 1 aromatic rings. The molecule has 2 N–H and O–H groups in total. The van der Waals surface area contributed by atoms with Gasteiger partial charge in [0.2, 0.25) is 5.91 Å². The van der Waals surface area contributed by atoms with Gasteiger partial charge < -0.3 is 15.4 Å². The number of halogens is 1. The zero-order chi connectivity index (χ0) is 16.7. The van der Waals surface area contributed by atoms with E-state index in [1.54, 1.807) is 25.1 Å². The first-order valence-electron chi connectivity index (χ1n) is 7.20. The van der Waals surface area contributed by atoms with Crippen molar-refractivity contribution in [2.24, 2.45) is 5.73 Å². The first-order chi connectivity index (χ1) is 10.9. The highest BCUT2D eigenvalue weighted by Crippen LogP contribution is 2.34. The maximum atomic E-state index is 12.9. The van der Waals surface area contributed by atoms with Gasteiger partial charge in [0.05, 0.1) is 19.0 Å². The molecule has 0 radical (unpaired) electrons. The summed E-state index contributed by atoms with van der Waals surface area (Å²) in [5.41, 5.74) is 7.01. The molecule has 7 nitrogen and oxygen atoms in total. The summed E-state index contributed by atoms with van der Waals surface area (Å²) in [5.74, 6) is -0.888. The Kier molecular flexibility index (Phi) is 3.67. The van der Waals surface area contributed by atoms with Crippen LogP contribution in [0.1, 0.15) is 12.5 Å². The van der Waals surface area contributed by atoms with Crippen molar-refractivity contribution in [1.29, 1.82) is 0 Å². The van der Waals surface area contributed by atoms with E-state index in [-0.39, 0.29) is 18.9 Å².